The van der Waals surface area contributed by atoms with Crippen LogP contribution in [0.5, 0.6) is 0 Å². The molecule has 0 aliphatic carbocycles. The van der Waals surface area contributed by atoms with Crippen LogP contribution in [0, 0.1) is 0 Å². The van der Waals surface area contributed by atoms with Crippen LogP contribution < -0.4 is 5.32 Å². The number of carboxylic acids is 1. The molecule has 2 heterocycles. The molecule has 0 radical (unpaired) electrons. The van der Waals surface area contributed by atoms with E-state index in [2.05, 4.69) is 15.3 Å². The summed E-state index contributed by atoms with van der Waals surface area (Å²) >= 11 is 0. The molecule has 0 aliphatic rings. The van der Waals surface area contributed by atoms with Gasteiger partial charge in [-0.25, -0.2) is 9.78 Å². The highest BCUT2D eigenvalue weighted by atomic mass is 16.4. The van der Waals surface area contributed by atoms with Gasteiger partial charge >= 0.3 is 5.97 Å². The summed E-state index contributed by atoms with van der Waals surface area (Å²) < 4.78 is 0. The first-order chi connectivity index (χ1) is 8.66. The quantitative estimate of drug-likeness (QED) is 0.850. The van der Waals surface area contributed by atoms with Crippen LogP contribution in [-0.4, -0.2) is 27.0 Å². The Labute approximate surface area is 102 Å². The number of rotatable bonds is 3. The monoisotopic (exact) mass is 243 g/mol. The van der Waals surface area contributed by atoms with Crippen LogP contribution >= 0.6 is 0 Å². The van der Waals surface area contributed by atoms with E-state index in [0.29, 0.717) is 5.69 Å². The molecule has 0 aliphatic heterocycles. The Morgan fingerprint density at radius 2 is 1.83 bits per heavy atom. The second-order valence-electron chi connectivity index (χ2n) is 3.42. The van der Waals surface area contributed by atoms with E-state index in [1.54, 1.807) is 24.5 Å². The van der Waals surface area contributed by atoms with Gasteiger partial charge in [-0.3, -0.25) is 9.78 Å². The first kappa shape index (κ1) is 11.7. The Morgan fingerprint density at radius 1 is 1.11 bits per heavy atom. The molecule has 6 heteroatoms. The third kappa shape index (κ3) is 2.67. The molecule has 2 N–H and O–H groups in total. The van der Waals surface area contributed by atoms with Crippen molar-refractivity contribution in [3.8, 4) is 0 Å². The molecule has 2 aromatic heterocycles. The van der Waals surface area contributed by atoms with Crippen molar-refractivity contribution < 1.29 is 14.7 Å². The van der Waals surface area contributed by atoms with Gasteiger partial charge < -0.3 is 10.4 Å². The van der Waals surface area contributed by atoms with Crippen LogP contribution in [0.1, 0.15) is 20.8 Å². The lowest BCUT2D eigenvalue weighted by Crippen LogP contribution is -2.13. The van der Waals surface area contributed by atoms with Gasteiger partial charge in [0.1, 0.15) is 5.69 Å². The van der Waals surface area contributed by atoms with Crippen molar-refractivity contribution in [3.63, 3.8) is 0 Å². The number of pyridine rings is 2. The third-order valence-electron chi connectivity index (χ3n) is 2.18. The van der Waals surface area contributed by atoms with Crippen LogP contribution in [0.2, 0.25) is 0 Å². The molecule has 2 rings (SSSR count). The van der Waals surface area contributed by atoms with E-state index in [-0.39, 0.29) is 11.3 Å². The number of nitrogens with zero attached hydrogens (tertiary/aromatic N) is 2. The Bertz CT molecular complexity index is 584. The van der Waals surface area contributed by atoms with Crippen molar-refractivity contribution in [2.24, 2.45) is 0 Å². The Morgan fingerprint density at radius 3 is 2.50 bits per heavy atom. The van der Waals surface area contributed by atoms with Crippen molar-refractivity contribution in [3.05, 3.63) is 54.1 Å². The van der Waals surface area contributed by atoms with Crippen molar-refractivity contribution in [2.45, 2.75) is 0 Å². The predicted molar refractivity (Wildman–Crippen MR) is 63.4 cm³/mol. The summed E-state index contributed by atoms with van der Waals surface area (Å²) in [7, 11) is 0. The highest BCUT2D eigenvalue weighted by Gasteiger charge is 2.10. The van der Waals surface area contributed by atoms with E-state index in [0.717, 1.165) is 0 Å². The third-order valence-corrected chi connectivity index (χ3v) is 2.18. The fourth-order valence-electron chi connectivity index (χ4n) is 1.33. The SMILES string of the molecule is O=C(Nc1ccncc1)c1ccnc(C(=O)O)c1. The molecule has 90 valence electrons. The molecule has 0 fully saturated rings. The molecule has 6 nitrogen and oxygen atoms in total. The minimum absolute atomic E-state index is 0.169. The standard InChI is InChI=1S/C12H9N3O3/c16-11(15-9-2-4-13-5-3-9)8-1-6-14-10(7-8)12(17)18/h1-7H,(H,17,18)(H,13,15,16). The normalized spacial score (nSPS) is 9.78. The molecular formula is C12H9N3O3. The molecule has 0 atom stereocenters. The van der Waals surface area contributed by atoms with Crippen LogP contribution in [-0.2, 0) is 0 Å². The highest BCUT2D eigenvalue weighted by molar-refractivity contribution is 6.05. The number of amides is 1. The van der Waals surface area contributed by atoms with Gasteiger partial charge in [-0.1, -0.05) is 0 Å². The van der Waals surface area contributed by atoms with Crippen molar-refractivity contribution in [1.29, 1.82) is 0 Å². The second-order valence-corrected chi connectivity index (χ2v) is 3.42. The van der Waals surface area contributed by atoms with E-state index < -0.39 is 11.9 Å². The fourth-order valence-corrected chi connectivity index (χ4v) is 1.33. The minimum atomic E-state index is -1.17. The Balaban J connectivity index is 2.19. The van der Waals surface area contributed by atoms with Gasteiger partial charge in [0.05, 0.1) is 0 Å². The lowest BCUT2D eigenvalue weighted by Gasteiger charge is -2.04. The van der Waals surface area contributed by atoms with Gasteiger partial charge in [0.25, 0.3) is 5.91 Å². The smallest absolute Gasteiger partial charge is 0.354 e. The van der Waals surface area contributed by atoms with Gasteiger partial charge in [0, 0.05) is 29.8 Å². The molecule has 1 amide bonds. The van der Waals surface area contributed by atoms with E-state index in [1.165, 1.54) is 18.3 Å². The number of nitrogens with one attached hydrogen (secondary N) is 1. The molecular weight excluding hydrogens is 234 g/mol. The lowest BCUT2D eigenvalue weighted by molar-refractivity contribution is 0.0690. The largest absolute Gasteiger partial charge is 0.477 e. The number of anilines is 1. The molecule has 0 saturated heterocycles. The maximum absolute atomic E-state index is 11.8. The molecule has 0 saturated carbocycles. The summed E-state index contributed by atoms with van der Waals surface area (Å²) in [5.41, 5.74) is 0.653. The summed E-state index contributed by atoms with van der Waals surface area (Å²) in [6.45, 7) is 0. The van der Waals surface area contributed by atoms with Gasteiger partial charge in [-0.2, -0.15) is 0 Å². The summed E-state index contributed by atoms with van der Waals surface area (Å²) in [5.74, 6) is -1.57. The van der Waals surface area contributed by atoms with Gasteiger partial charge in [-0.15, -0.1) is 0 Å². The van der Waals surface area contributed by atoms with Crippen LogP contribution in [0.25, 0.3) is 0 Å². The van der Waals surface area contributed by atoms with E-state index in [4.69, 9.17) is 5.11 Å². The topological polar surface area (TPSA) is 92.2 Å². The van der Waals surface area contributed by atoms with Gasteiger partial charge in [0.15, 0.2) is 0 Å². The first-order valence-corrected chi connectivity index (χ1v) is 5.07. The summed E-state index contributed by atoms with van der Waals surface area (Å²) in [4.78, 5) is 30.0. The van der Waals surface area contributed by atoms with Crippen LogP contribution in [0.3, 0.4) is 0 Å². The maximum atomic E-state index is 11.8. The van der Waals surface area contributed by atoms with Gasteiger partial charge in [0.2, 0.25) is 0 Å². The van der Waals surface area contributed by atoms with E-state index >= 15 is 0 Å². The average molecular weight is 243 g/mol. The summed E-state index contributed by atoms with van der Waals surface area (Å²) in [6.07, 6.45) is 4.38. The lowest BCUT2D eigenvalue weighted by atomic mass is 10.2. The first-order valence-electron chi connectivity index (χ1n) is 5.07. The molecule has 0 aromatic carbocycles. The molecule has 0 unspecified atom stereocenters. The second kappa shape index (κ2) is 5.05. The number of carbonyl (C=O) groups is 2. The van der Waals surface area contributed by atoms with Gasteiger partial charge in [-0.05, 0) is 24.3 Å². The molecule has 0 bridgehead atoms. The zero-order valence-corrected chi connectivity index (χ0v) is 9.20. The fraction of sp³-hybridized carbons (Fsp3) is 0. The Kier molecular flexibility index (Phi) is 3.29. The zero-order chi connectivity index (χ0) is 13.0. The van der Waals surface area contributed by atoms with E-state index in [9.17, 15) is 9.59 Å². The van der Waals surface area contributed by atoms with Crippen LogP contribution in [0.4, 0.5) is 5.69 Å². The van der Waals surface area contributed by atoms with Crippen LogP contribution in [0.15, 0.2) is 42.9 Å². The van der Waals surface area contributed by atoms with Crippen molar-refractivity contribution in [2.75, 3.05) is 5.32 Å². The molecule has 0 spiro atoms. The summed E-state index contributed by atoms with van der Waals surface area (Å²) in [6, 6.07) is 5.94. The maximum Gasteiger partial charge on any atom is 0.354 e. The average Bonchev–Trinajstić information content (AvgIpc) is 2.40. The minimum Gasteiger partial charge on any atom is -0.477 e. The van der Waals surface area contributed by atoms with Crippen molar-refractivity contribution in [1.82, 2.24) is 9.97 Å². The van der Waals surface area contributed by atoms with E-state index in [1.807, 2.05) is 0 Å². The predicted octanol–water partition coefficient (Wildman–Crippen LogP) is 1.43. The highest BCUT2D eigenvalue weighted by Crippen LogP contribution is 2.08. The number of hydrogen-bond donors (Lipinski definition) is 2. The number of hydrogen-bond acceptors (Lipinski definition) is 4. The number of aromatic nitrogens is 2. The Hall–Kier alpha value is -2.76. The zero-order valence-electron chi connectivity index (χ0n) is 9.20. The number of carboxylic acid groups (broad SMARTS) is 1. The molecule has 2 aromatic rings. The number of aromatic carboxylic acids is 1. The van der Waals surface area contributed by atoms with Crippen molar-refractivity contribution >= 4 is 17.6 Å². The number of carbonyl (C=O) groups excluding carboxylic acids is 1. The summed E-state index contributed by atoms with van der Waals surface area (Å²) in [5, 5.41) is 11.4. The molecule has 18 heavy (non-hydrogen) atoms.